The Hall–Kier alpha value is -2.77. The lowest BCUT2D eigenvalue weighted by molar-refractivity contribution is -0.127. The number of hydrogen-bond acceptors (Lipinski definition) is 5. The Morgan fingerprint density at radius 3 is 2.75 bits per heavy atom. The number of pyridine rings is 2. The molecule has 168 valence electrons. The van der Waals surface area contributed by atoms with Crippen LogP contribution in [0.3, 0.4) is 0 Å². The van der Waals surface area contributed by atoms with Crippen LogP contribution >= 0.6 is 0 Å². The summed E-state index contributed by atoms with van der Waals surface area (Å²) in [7, 11) is 0. The molecule has 7 heteroatoms. The minimum atomic E-state index is -0.406. The number of nitrogens with zero attached hydrogens (tertiary/aromatic N) is 3. The molecule has 2 N–H and O–H groups in total. The molecule has 1 fully saturated rings. The Labute approximate surface area is 187 Å². The number of hydrogen-bond donors (Lipinski definition) is 2. The van der Waals surface area contributed by atoms with E-state index in [1.54, 1.807) is 12.4 Å². The third-order valence-corrected chi connectivity index (χ3v) is 7.33. The highest BCUT2D eigenvalue weighted by molar-refractivity contribution is 5.80. The van der Waals surface area contributed by atoms with Crippen molar-refractivity contribution in [2.45, 2.75) is 51.4 Å². The van der Waals surface area contributed by atoms with Gasteiger partial charge in [0.15, 0.2) is 0 Å². The molecule has 0 saturated carbocycles. The van der Waals surface area contributed by atoms with Gasteiger partial charge in [0.2, 0.25) is 5.91 Å². The number of nitrogens with one attached hydrogen (secondary N) is 1. The summed E-state index contributed by atoms with van der Waals surface area (Å²) in [6.07, 6.45) is 8.76. The molecule has 2 aliphatic heterocycles. The van der Waals surface area contributed by atoms with Gasteiger partial charge in [-0.15, -0.1) is 0 Å². The van der Waals surface area contributed by atoms with Gasteiger partial charge >= 0.3 is 0 Å². The van der Waals surface area contributed by atoms with Gasteiger partial charge < -0.3 is 15.0 Å². The summed E-state index contributed by atoms with van der Waals surface area (Å²) < 4.78 is 1.87. The summed E-state index contributed by atoms with van der Waals surface area (Å²) in [6, 6.07) is 7.57. The van der Waals surface area contributed by atoms with Crippen LogP contribution in [0.25, 0.3) is 5.57 Å². The molecule has 1 amide bonds. The summed E-state index contributed by atoms with van der Waals surface area (Å²) in [5, 5.41) is 13.3. The Bertz CT molecular complexity index is 1090. The SMILES string of the molecule is CCNC(=O)[C@@H]1[C@@H](CO)[C@@H]2Cn3c(ccc(C4=CCCC4)c3=O)[C@H]1N2Cc1ccncc1. The lowest BCUT2D eigenvalue weighted by Crippen LogP contribution is -2.46. The third kappa shape index (κ3) is 3.40. The normalized spacial score (nSPS) is 26.6. The minimum Gasteiger partial charge on any atom is -0.396 e. The van der Waals surface area contributed by atoms with Crippen LogP contribution in [0, 0.1) is 11.8 Å². The highest BCUT2D eigenvalue weighted by Crippen LogP contribution is 2.49. The second kappa shape index (κ2) is 8.64. The molecule has 0 radical (unpaired) electrons. The number of rotatable bonds is 6. The van der Waals surface area contributed by atoms with Crippen LogP contribution in [0.4, 0.5) is 0 Å². The monoisotopic (exact) mass is 434 g/mol. The summed E-state index contributed by atoms with van der Waals surface area (Å²) >= 11 is 0. The van der Waals surface area contributed by atoms with Crippen LogP contribution < -0.4 is 10.9 Å². The van der Waals surface area contributed by atoms with E-state index in [9.17, 15) is 14.7 Å². The first kappa shape index (κ1) is 21.1. The van der Waals surface area contributed by atoms with Gasteiger partial charge in [-0.25, -0.2) is 0 Å². The second-order valence-electron chi connectivity index (χ2n) is 9.02. The number of carbonyl (C=O) groups is 1. The molecule has 7 nitrogen and oxygen atoms in total. The molecule has 0 aromatic carbocycles. The average Bonchev–Trinajstić information content (AvgIpc) is 3.39. The van der Waals surface area contributed by atoms with Gasteiger partial charge in [0.1, 0.15) is 0 Å². The van der Waals surface area contributed by atoms with Crippen molar-refractivity contribution >= 4 is 11.5 Å². The zero-order valence-electron chi connectivity index (χ0n) is 18.4. The van der Waals surface area contributed by atoms with Crippen molar-refractivity contribution in [1.29, 1.82) is 0 Å². The fourth-order valence-electron chi connectivity index (χ4n) is 5.89. The molecule has 0 spiro atoms. The number of aliphatic hydroxyl groups is 1. The van der Waals surface area contributed by atoms with Crippen molar-refractivity contribution in [1.82, 2.24) is 19.8 Å². The molecule has 2 bridgehead atoms. The highest BCUT2D eigenvalue weighted by atomic mass is 16.3. The van der Waals surface area contributed by atoms with Gasteiger partial charge in [0, 0.05) is 61.9 Å². The molecule has 0 unspecified atom stereocenters. The average molecular weight is 435 g/mol. The van der Waals surface area contributed by atoms with Crippen LogP contribution in [0.1, 0.15) is 49.0 Å². The van der Waals surface area contributed by atoms with Crippen LogP contribution in [0.15, 0.2) is 47.5 Å². The van der Waals surface area contributed by atoms with Crippen molar-refractivity contribution in [3.8, 4) is 0 Å². The van der Waals surface area contributed by atoms with E-state index >= 15 is 0 Å². The van der Waals surface area contributed by atoms with Crippen molar-refractivity contribution in [2.75, 3.05) is 13.2 Å². The van der Waals surface area contributed by atoms with Crippen LogP contribution in [-0.4, -0.2) is 44.7 Å². The smallest absolute Gasteiger partial charge is 0.258 e. The molecule has 4 atom stereocenters. The number of aromatic nitrogens is 2. The zero-order valence-corrected chi connectivity index (χ0v) is 18.4. The second-order valence-corrected chi connectivity index (χ2v) is 9.02. The molecule has 2 aromatic heterocycles. The Morgan fingerprint density at radius 1 is 1.25 bits per heavy atom. The van der Waals surface area contributed by atoms with E-state index in [0.717, 1.165) is 41.7 Å². The maximum atomic E-state index is 13.5. The van der Waals surface area contributed by atoms with E-state index in [2.05, 4.69) is 21.3 Å². The van der Waals surface area contributed by atoms with E-state index < -0.39 is 5.92 Å². The van der Waals surface area contributed by atoms with Crippen molar-refractivity contribution in [2.24, 2.45) is 11.8 Å². The topological polar surface area (TPSA) is 87.5 Å². The fraction of sp³-hybridized carbons (Fsp3) is 0.480. The third-order valence-electron chi connectivity index (χ3n) is 7.33. The molecule has 4 heterocycles. The summed E-state index contributed by atoms with van der Waals surface area (Å²) in [5.74, 6) is -0.694. The first-order chi connectivity index (χ1) is 15.6. The Kier molecular flexibility index (Phi) is 5.69. The van der Waals surface area contributed by atoms with Crippen molar-refractivity contribution < 1.29 is 9.90 Å². The van der Waals surface area contributed by atoms with E-state index in [1.165, 1.54) is 0 Å². The van der Waals surface area contributed by atoms with E-state index in [4.69, 9.17) is 0 Å². The Balaban J connectivity index is 1.61. The van der Waals surface area contributed by atoms with Crippen LogP contribution in [0.5, 0.6) is 0 Å². The quantitative estimate of drug-likeness (QED) is 0.727. The number of aliphatic hydroxyl groups excluding tert-OH is 1. The van der Waals surface area contributed by atoms with Crippen LogP contribution in [-0.2, 0) is 17.9 Å². The van der Waals surface area contributed by atoms with E-state index in [0.29, 0.717) is 19.6 Å². The van der Waals surface area contributed by atoms with E-state index in [1.807, 2.05) is 35.8 Å². The molecular formula is C25H30N4O3. The molecule has 5 rings (SSSR count). The highest BCUT2D eigenvalue weighted by Gasteiger charge is 2.55. The molecule has 2 aromatic rings. The van der Waals surface area contributed by atoms with Gasteiger partial charge in [0.25, 0.3) is 5.56 Å². The largest absolute Gasteiger partial charge is 0.396 e. The van der Waals surface area contributed by atoms with Gasteiger partial charge in [-0.05, 0) is 61.6 Å². The van der Waals surface area contributed by atoms with Crippen LogP contribution in [0.2, 0.25) is 0 Å². The molecule has 32 heavy (non-hydrogen) atoms. The standard InChI is InChI=1S/C25H30N4O3/c1-2-27-24(31)22-19(15-30)21-14-29-20(8-7-18(25(29)32)17-5-3-4-6-17)23(22)28(21)13-16-9-11-26-12-10-16/h5,7-12,19,21-23,30H,2-4,6,13-15H2,1H3,(H,27,31)/t19-,21-,22+,23+/m0/s1. The summed E-state index contributed by atoms with van der Waals surface area (Å²) in [5.41, 5.74) is 3.92. The van der Waals surface area contributed by atoms with Gasteiger partial charge in [-0.2, -0.15) is 0 Å². The maximum absolute atomic E-state index is 13.5. The number of carbonyl (C=O) groups excluding carboxylic acids is 1. The fourth-order valence-corrected chi connectivity index (χ4v) is 5.89. The molecule has 3 aliphatic rings. The van der Waals surface area contributed by atoms with Gasteiger partial charge in [-0.3, -0.25) is 19.5 Å². The maximum Gasteiger partial charge on any atom is 0.258 e. The first-order valence-electron chi connectivity index (χ1n) is 11.6. The summed E-state index contributed by atoms with van der Waals surface area (Å²) in [4.78, 5) is 33.1. The minimum absolute atomic E-state index is 0.0300. The molecule has 1 aliphatic carbocycles. The molecular weight excluding hydrogens is 404 g/mol. The first-order valence-corrected chi connectivity index (χ1v) is 11.6. The summed E-state index contributed by atoms with van der Waals surface area (Å²) in [6.45, 7) is 3.48. The van der Waals surface area contributed by atoms with E-state index in [-0.39, 0.29) is 36.1 Å². The predicted octanol–water partition coefficient (Wildman–Crippen LogP) is 2.11. The van der Waals surface area contributed by atoms with Crippen molar-refractivity contribution in [3.63, 3.8) is 0 Å². The zero-order chi connectivity index (χ0) is 22.2. The van der Waals surface area contributed by atoms with Crippen molar-refractivity contribution in [3.05, 3.63) is 69.9 Å². The Morgan fingerprint density at radius 2 is 2.06 bits per heavy atom. The lowest BCUT2D eigenvalue weighted by Gasteiger charge is -2.38. The number of allylic oxidation sites excluding steroid dienone is 2. The lowest BCUT2D eigenvalue weighted by atomic mass is 9.86. The number of amides is 1. The number of fused-ring (bicyclic) bond motifs is 4. The predicted molar refractivity (Wildman–Crippen MR) is 122 cm³/mol. The van der Waals surface area contributed by atoms with Gasteiger partial charge in [0.05, 0.1) is 12.0 Å². The van der Waals surface area contributed by atoms with Gasteiger partial charge in [-0.1, -0.05) is 6.08 Å². The molecule has 1 saturated heterocycles.